The molecule has 0 saturated carbocycles. The summed E-state index contributed by atoms with van der Waals surface area (Å²) in [5.74, 6) is 0. The Balaban J connectivity index is 2.14. The predicted octanol–water partition coefficient (Wildman–Crippen LogP) is 1.46. The fraction of sp³-hybridized carbons (Fsp3) is 0.200. The second-order valence-electron chi connectivity index (χ2n) is 3.09. The third-order valence-electron chi connectivity index (χ3n) is 1.95. The number of imidazole rings is 1. The highest BCUT2D eigenvalue weighted by atomic mass is 32.2. The zero-order chi connectivity index (χ0) is 10.7. The molecule has 0 atom stereocenters. The molecule has 0 saturated heterocycles. The maximum Gasteiger partial charge on any atom is 0.174 e. The van der Waals surface area contributed by atoms with Crippen molar-refractivity contribution in [2.45, 2.75) is 16.8 Å². The minimum absolute atomic E-state index is 0.0281. The minimum atomic E-state index is 0.0281. The van der Waals surface area contributed by atoms with Crippen LogP contribution in [0.15, 0.2) is 40.9 Å². The quantitative estimate of drug-likeness (QED) is 0.852. The van der Waals surface area contributed by atoms with Gasteiger partial charge < -0.3 is 9.67 Å². The van der Waals surface area contributed by atoms with Gasteiger partial charge in [-0.1, -0.05) is 6.07 Å². The summed E-state index contributed by atoms with van der Waals surface area (Å²) in [6, 6.07) is 3.74. The van der Waals surface area contributed by atoms with Gasteiger partial charge in [-0.2, -0.15) is 0 Å². The molecule has 0 unspecified atom stereocenters. The first kappa shape index (κ1) is 10.2. The maximum absolute atomic E-state index is 8.87. The Morgan fingerprint density at radius 3 is 2.80 bits per heavy atom. The smallest absolute Gasteiger partial charge is 0.174 e. The molecular formula is C10H11N3OS. The van der Waals surface area contributed by atoms with Crippen molar-refractivity contribution in [1.29, 1.82) is 0 Å². The first-order valence-corrected chi connectivity index (χ1v) is 5.32. The molecule has 2 aromatic heterocycles. The molecule has 0 aromatic carbocycles. The summed E-state index contributed by atoms with van der Waals surface area (Å²) in [5, 5.41) is 10.6. The van der Waals surface area contributed by atoms with Crippen molar-refractivity contribution in [3.8, 4) is 0 Å². The van der Waals surface area contributed by atoms with Crippen molar-refractivity contribution in [1.82, 2.24) is 14.5 Å². The van der Waals surface area contributed by atoms with E-state index in [0.29, 0.717) is 0 Å². The summed E-state index contributed by atoms with van der Waals surface area (Å²) in [7, 11) is 1.94. The van der Waals surface area contributed by atoms with Crippen LogP contribution in [0.2, 0.25) is 0 Å². The van der Waals surface area contributed by atoms with Gasteiger partial charge >= 0.3 is 0 Å². The molecule has 2 heterocycles. The van der Waals surface area contributed by atoms with Crippen LogP contribution >= 0.6 is 11.8 Å². The average Bonchev–Trinajstić information content (AvgIpc) is 2.66. The zero-order valence-electron chi connectivity index (χ0n) is 8.29. The van der Waals surface area contributed by atoms with Crippen molar-refractivity contribution in [2.24, 2.45) is 7.05 Å². The van der Waals surface area contributed by atoms with Crippen LogP contribution in [0.1, 0.15) is 5.56 Å². The first-order valence-electron chi connectivity index (χ1n) is 4.50. The average molecular weight is 221 g/mol. The maximum atomic E-state index is 8.87. The number of hydrogen-bond acceptors (Lipinski definition) is 4. The van der Waals surface area contributed by atoms with E-state index in [2.05, 4.69) is 9.97 Å². The molecule has 2 aromatic rings. The summed E-state index contributed by atoms with van der Waals surface area (Å²) in [5.41, 5.74) is 0.819. The summed E-state index contributed by atoms with van der Waals surface area (Å²) in [4.78, 5) is 8.41. The number of rotatable bonds is 3. The summed E-state index contributed by atoms with van der Waals surface area (Å²) < 4.78 is 1.94. The summed E-state index contributed by atoms with van der Waals surface area (Å²) in [6.07, 6.45) is 5.32. The first-order chi connectivity index (χ1) is 7.29. The van der Waals surface area contributed by atoms with Crippen molar-refractivity contribution in [2.75, 3.05) is 0 Å². The number of aliphatic hydroxyl groups is 1. The van der Waals surface area contributed by atoms with Gasteiger partial charge in [0.1, 0.15) is 5.03 Å². The Morgan fingerprint density at radius 1 is 1.40 bits per heavy atom. The van der Waals surface area contributed by atoms with Gasteiger partial charge in [-0.05, 0) is 23.4 Å². The lowest BCUT2D eigenvalue weighted by Crippen LogP contribution is -1.90. The molecule has 0 amide bonds. The third kappa shape index (κ3) is 2.37. The van der Waals surface area contributed by atoms with E-state index in [1.807, 2.05) is 29.9 Å². The monoisotopic (exact) mass is 221 g/mol. The third-order valence-corrected chi connectivity index (χ3v) is 2.98. The van der Waals surface area contributed by atoms with E-state index >= 15 is 0 Å². The SMILES string of the molecule is Cn1ccnc1Sc1ccc(CO)cn1. The van der Waals surface area contributed by atoms with Gasteiger partial charge in [0.2, 0.25) is 0 Å². The molecule has 0 aliphatic rings. The van der Waals surface area contributed by atoms with E-state index in [1.165, 1.54) is 11.8 Å². The van der Waals surface area contributed by atoms with Crippen molar-refractivity contribution < 1.29 is 5.11 Å². The second-order valence-corrected chi connectivity index (χ2v) is 4.07. The molecule has 78 valence electrons. The lowest BCUT2D eigenvalue weighted by Gasteiger charge is -2.01. The van der Waals surface area contributed by atoms with Crippen LogP contribution in [0.25, 0.3) is 0 Å². The van der Waals surface area contributed by atoms with Gasteiger partial charge in [0, 0.05) is 25.6 Å². The van der Waals surface area contributed by atoms with Gasteiger partial charge in [0.25, 0.3) is 0 Å². The van der Waals surface area contributed by atoms with Crippen LogP contribution in [-0.2, 0) is 13.7 Å². The molecule has 0 bridgehead atoms. The second kappa shape index (κ2) is 4.46. The zero-order valence-corrected chi connectivity index (χ0v) is 9.11. The fourth-order valence-corrected chi connectivity index (χ4v) is 1.86. The molecule has 5 heteroatoms. The number of aromatic nitrogens is 3. The van der Waals surface area contributed by atoms with Crippen molar-refractivity contribution in [3.63, 3.8) is 0 Å². The van der Waals surface area contributed by atoms with E-state index in [4.69, 9.17) is 5.11 Å². The molecule has 1 N–H and O–H groups in total. The summed E-state index contributed by atoms with van der Waals surface area (Å²) in [6.45, 7) is 0.0281. The number of pyridine rings is 1. The van der Waals surface area contributed by atoms with Gasteiger partial charge in [-0.15, -0.1) is 0 Å². The topological polar surface area (TPSA) is 50.9 Å². The number of hydrogen-bond donors (Lipinski definition) is 1. The molecule has 0 aliphatic heterocycles. The van der Waals surface area contributed by atoms with E-state index in [-0.39, 0.29) is 6.61 Å². The van der Waals surface area contributed by atoms with E-state index in [0.717, 1.165) is 15.7 Å². The predicted molar refractivity (Wildman–Crippen MR) is 57.5 cm³/mol. The summed E-state index contributed by atoms with van der Waals surface area (Å²) >= 11 is 1.50. The molecule has 15 heavy (non-hydrogen) atoms. The molecule has 0 spiro atoms. The Kier molecular flexibility index (Phi) is 3.03. The Morgan fingerprint density at radius 2 is 2.27 bits per heavy atom. The lowest BCUT2D eigenvalue weighted by molar-refractivity contribution is 0.281. The molecule has 4 nitrogen and oxygen atoms in total. The minimum Gasteiger partial charge on any atom is -0.392 e. The molecule has 2 rings (SSSR count). The van der Waals surface area contributed by atoms with Crippen LogP contribution in [0, 0.1) is 0 Å². The van der Waals surface area contributed by atoms with Crippen LogP contribution in [-0.4, -0.2) is 19.6 Å². The highest BCUT2D eigenvalue weighted by molar-refractivity contribution is 7.99. The largest absolute Gasteiger partial charge is 0.392 e. The lowest BCUT2D eigenvalue weighted by atomic mass is 10.3. The molecule has 0 aliphatic carbocycles. The Labute approximate surface area is 92.0 Å². The van der Waals surface area contributed by atoms with Crippen molar-refractivity contribution >= 4 is 11.8 Å². The van der Waals surface area contributed by atoms with E-state index in [9.17, 15) is 0 Å². The van der Waals surface area contributed by atoms with Crippen molar-refractivity contribution in [3.05, 3.63) is 36.3 Å². The van der Waals surface area contributed by atoms with Crippen LogP contribution in [0.5, 0.6) is 0 Å². The number of nitrogens with zero attached hydrogens (tertiary/aromatic N) is 3. The van der Waals surface area contributed by atoms with E-state index in [1.54, 1.807) is 12.4 Å². The molecular weight excluding hydrogens is 210 g/mol. The fourth-order valence-electron chi connectivity index (χ4n) is 1.11. The highest BCUT2D eigenvalue weighted by Crippen LogP contribution is 2.23. The highest BCUT2D eigenvalue weighted by Gasteiger charge is 2.03. The standard InChI is InChI=1S/C10H11N3OS/c1-13-5-4-11-10(13)15-9-3-2-8(7-14)6-12-9/h2-6,14H,7H2,1H3. The van der Waals surface area contributed by atoms with Gasteiger partial charge in [0.15, 0.2) is 5.16 Å². The normalized spacial score (nSPS) is 10.5. The van der Waals surface area contributed by atoms with Gasteiger partial charge in [-0.3, -0.25) is 0 Å². The molecule has 0 radical (unpaired) electrons. The Bertz CT molecular complexity index is 438. The Hall–Kier alpha value is -1.33. The van der Waals surface area contributed by atoms with Crippen LogP contribution in [0.4, 0.5) is 0 Å². The number of aryl methyl sites for hydroxylation is 1. The van der Waals surface area contributed by atoms with Gasteiger partial charge in [0.05, 0.1) is 6.61 Å². The number of aliphatic hydroxyl groups excluding tert-OH is 1. The van der Waals surface area contributed by atoms with Crippen LogP contribution < -0.4 is 0 Å². The van der Waals surface area contributed by atoms with Crippen LogP contribution in [0.3, 0.4) is 0 Å². The van der Waals surface area contributed by atoms with E-state index < -0.39 is 0 Å². The molecule has 0 fully saturated rings. The van der Waals surface area contributed by atoms with Gasteiger partial charge in [-0.25, -0.2) is 9.97 Å².